The molecule has 2 aliphatic heterocycles. The first-order valence-corrected chi connectivity index (χ1v) is 9.85. The standard InChI is InChI=1S/C23H26N4O2/c1-24-12-10-14-20-16(6-4-8-18(20)28)25-22(14)23-15(11-13-27(2)3)21-17(26-23)7-5-9-19(21)29/h4-9,24,28-29H,10-13H2,1-3H3. The smallest absolute Gasteiger partial charge is 0.125 e. The minimum atomic E-state index is 0.237. The number of fused-ring (bicyclic) bond motifs is 2. The molecule has 6 nitrogen and oxygen atoms in total. The van der Waals surface area contributed by atoms with Crippen LogP contribution in [0.2, 0.25) is 0 Å². The van der Waals surface area contributed by atoms with Crippen molar-refractivity contribution >= 4 is 11.1 Å². The van der Waals surface area contributed by atoms with Crippen LogP contribution in [0.5, 0.6) is 11.5 Å². The van der Waals surface area contributed by atoms with E-state index >= 15 is 0 Å². The Morgan fingerprint density at radius 1 is 0.828 bits per heavy atom. The molecule has 0 fully saturated rings. The monoisotopic (exact) mass is 390 g/mol. The topological polar surface area (TPSA) is 80.4 Å². The van der Waals surface area contributed by atoms with E-state index in [4.69, 9.17) is 9.98 Å². The van der Waals surface area contributed by atoms with Crippen molar-refractivity contribution in [3.8, 4) is 11.5 Å². The SMILES string of the molecule is CNCCC1=c2c(O)cccc2=NC1=C1N=c2cccc(O)c2=C1CCN(C)C. The predicted octanol–water partition coefficient (Wildman–Crippen LogP) is 0.139. The average Bonchev–Trinajstić information content (AvgIpc) is 3.24. The number of nitrogens with zero attached hydrogens (tertiary/aromatic N) is 3. The molecule has 4 rings (SSSR count). The van der Waals surface area contributed by atoms with E-state index in [1.54, 1.807) is 12.1 Å². The lowest BCUT2D eigenvalue weighted by atomic mass is 10.00. The molecule has 0 amide bonds. The van der Waals surface area contributed by atoms with E-state index in [1.807, 2.05) is 45.4 Å². The van der Waals surface area contributed by atoms with Gasteiger partial charge in [0, 0.05) is 17.0 Å². The number of allylic oxidation sites excluding steroid dienone is 2. The quantitative estimate of drug-likeness (QED) is 0.656. The number of rotatable bonds is 6. The average molecular weight is 390 g/mol. The Labute approximate surface area is 169 Å². The van der Waals surface area contributed by atoms with Crippen molar-refractivity contribution < 1.29 is 10.2 Å². The van der Waals surface area contributed by atoms with Crippen LogP contribution in [0, 0.1) is 0 Å². The Balaban J connectivity index is 2.01. The fraction of sp³-hybridized carbons (Fsp3) is 0.304. The van der Waals surface area contributed by atoms with Gasteiger partial charge in [-0.1, -0.05) is 12.1 Å². The van der Waals surface area contributed by atoms with Crippen LogP contribution >= 0.6 is 0 Å². The van der Waals surface area contributed by atoms with E-state index in [0.717, 1.165) is 69.6 Å². The first-order valence-electron chi connectivity index (χ1n) is 9.85. The fourth-order valence-corrected chi connectivity index (χ4v) is 3.94. The highest BCUT2D eigenvalue weighted by atomic mass is 16.3. The maximum absolute atomic E-state index is 10.5. The van der Waals surface area contributed by atoms with Crippen molar-refractivity contribution in [1.29, 1.82) is 0 Å². The van der Waals surface area contributed by atoms with Crippen LogP contribution in [0.1, 0.15) is 12.8 Å². The van der Waals surface area contributed by atoms with Gasteiger partial charge >= 0.3 is 0 Å². The largest absolute Gasteiger partial charge is 0.507 e. The highest BCUT2D eigenvalue weighted by Crippen LogP contribution is 2.31. The molecule has 29 heavy (non-hydrogen) atoms. The molecule has 0 aromatic heterocycles. The number of phenols is 2. The molecule has 0 radical (unpaired) electrons. The molecule has 150 valence electrons. The van der Waals surface area contributed by atoms with Crippen molar-refractivity contribution in [1.82, 2.24) is 10.2 Å². The molecular formula is C23H26N4O2. The van der Waals surface area contributed by atoms with Crippen LogP contribution in [0.3, 0.4) is 0 Å². The molecular weight excluding hydrogens is 364 g/mol. The molecule has 0 saturated carbocycles. The number of hydrogen-bond acceptors (Lipinski definition) is 6. The van der Waals surface area contributed by atoms with Gasteiger partial charge in [0.1, 0.15) is 11.5 Å². The summed E-state index contributed by atoms with van der Waals surface area (Å²) in [6.07, 6.45) is 1.47. The van der Waals surface area contributed by atoms with Crippen LogP contribution in [-0.2, 0) is 0 Å². The van der Waals surface area contributed by atoms with Gasteiger partial charge in [-0.15, -0.1) is 0 Å². The number of hydrogen-bond donors (Lipinski definition) is 3. The van der Waals surface area contributed by atoms with E-state index in [9.17, 15) is 10.2 Å². The molecule has 0 atom stereocenters. The molecule has 2 aliphatic rings. The van der Waals surface area contributed by atoms with E-state index in [2.05, 4.69) is 10.2 Å². The van der Waals surface area contributed by atoms with Crippen LogP contribution in [0.4, 0.5) is 0 Å². The summed E-state index contributed by atoms with van der Waals surface area (Å²) in [5, 5.41) is 27.4. The maximum atomic E-state index is 10.5. The first kappa shape index (κ1) is 19.4. The summed E-state index contributed by atoms with van der Waals surface area (Å²) in [5.74, 6) is 0.479. The number of aromatic hydroxyl groups is 2. The molecule has 0 saturated heterocycles. The molecule has 0 unspecified atom stereocenters. The third kappa shape index (κ3) is 3.45. The summed E-state index contributed by atoms with van der Waals surface area (Å²) in [4.78, 5) is 11.9. The predicted molar refractivity (Wildman–Crippen MR) is 113 cm³/mol. The lowest BCUT2D eigenvalue weighted by Crippen LogP contribution is -2.24. The van der Waals surface area contributed by atoms with E-state index in [1.165, 1.54) is 0 Å². The zero-order chi connectivity index (χ0) is 20.5. The normalized spacial score (nSPS) is 17.4. The summed E-state index contributed by atoms with van der Waals surface area (Å²) in [6.45, 7) is 1.60. The van der Waals surface area contributed by atoms with Gasteiger partial charge in [0.05, 0.1) is 22.1 Å². The van der Waals surface area contributed by atoms with Crippen LogP contribution in [0.25, 0.3) is 11.1 Å². The third-order valence-corrected chi connectivity index (χ3v) is 5.34. The van der Waals surface area contributed by atoms with Gasteiger partial charge in [0.25, 0.3) is 0 Å². The second-order valence-electron chi connectivity index (χ2n) is 7.63. The lowest BCUT2D eigenvalue weighted by molar-refractivity contribution is 0.419. The van der Waals surface area contributed by atoms with Gasteiger partial charge in [0.15, 0.2) is 0 Å². The Bertz CT molecular complexity index is 1240. The number of phenolic OH excluding ortho intramolecular Hbond substituents is 2. The Morgan fingerprint density at radius 2 is 1.34 bits per heavy atom. The zero-order valence-corrected chi connectivity index (χ0v) is 17.0. The zero-order valence-electron chi connectivity index (χ0n) is 17.0. The van der Waals surface area contributed by atoms with Gasteiger partial charge in [-0.3, -0.25) is 0 Å². The minimum Gasteiger partial charge on any atom is -0.507 e. The fourth-order valence-electron chi connectivity index (χ4n) is 3.94. The first-order chi connectivity index (χ1) is 14.0. The molecule has 3 N–H and O–H groups in total. The summed E-state index contributed by atoms with van der Waals surface area (Å²) >= 11 is 0. The second kappa shape index (κ2) is 7.81. The molecule has 0 spiro atoms. The molecule has 2 aromatic rings. The molecule has 6 heteroatoms. The van der Waals surface area contributed by atoms with Gasteiger partial charge in [-0.05, 0) is 75.9 Å². The van der Waals surface area contributed by atoms with Crippen LogP contribution in [-0.4, -0.2) is 49.3 Å². The Hall–Kier alpha value is -2.96. The van der Waals surface area contributed by atoms with Gasteiger partial charge < -0.3 is 20.4 Å². The van der Waals surface area contributed by atoms with Gasteiger partial charge in [0.2, 0.25) is 0 Å². The van der Waals surface area contributed by atoms with Crippen molar-refractivity contribution in [3.05, 3.63) is 68.9 Å². The third-order valence-electron chi connectivity index (χ3n) is 5.34. The summed E-state index contributed by atoms with van der Waals surface area (Å²) < 4.78 is 0. The molecule has 2 aromatic carbocycles. The lowest BCUT2D eigenvalue weighted by Gasteiger charge is -2.13. The summed E-state index contributed by atoms with van der Waals surface area (Å²) in [6, 6.07) is 10.9. The van der Waals surface area contributed by atoms with Crippen molar-refractivity contribution in [2.45, 2.75) is 12.8 Å². The summed E-state index contributed by atoms with van der Waals surface area (Å²) in [7, 11) is 5.97. The molecule has 0 bridgehead atoms. The Kier molecular flexibility index (Phi) is 5.22. The van der Waals surface area contributed by atoms with E-state index in [0.29, 0.717) is 0 Å². The second-order valence-corrected chi connectivity index (χ2v) is 7.63. The highest BCUT2D eigenvalue weighted by Gasteiger charge is 2.25. The van der Waals surface area contributed by atoms with Crippen molar-refractivity contribution in [2.75, 3.05) is 34.2 Å². The van der Waals surface area contributed by atoms with Crippen LogP contribution < -0.4 is 26.5 Å². The van der Waals surface area contributed by atoms with Crippen molar-refractivity contribution in [3.63, 3.8) is 0 Å². The van der Waals surface area contributed by atoms with Crippen molar-refractivity contribution in [2.24, 2.45) is 9.98 Å². The van der Waals surface area contributed by atoms with E-state index < -0.39 is 0 Å². The molecule has 0 aliphatic carbocycles. The van der Waals surface area contributed by atoms with Gasteiger partial charge in [-0.25, -0.2) is 9.98 Å². The number of nitrogens with one attached hydrogen (secondary N) is 1. The highest BCUT2D eigenvalue weighted by molar-refractivity contribution is 5.79. The van der Waals surface area contributed by atoms with Gasteiger partial charge in [-0.2, -0.15) is 0 Å². The Morgan fingerprint density at radius 3 is 1.83 bits per heavy atom. The maximum Gasteiger partial charge on any atom is 0.125 e. The van der Waals surface area contributed by atoms with E-state index in [-0.39, 0.29) is 11.5 Å². The minimum absolute atomic E-state index is 0.237. The molecule has 2 heterocycles. The van der Waals surface area contributed by atoms with Crippen LogP contribution in [0.15, 0.2) is 57.8 Å². The summed E-state index contributed by atoms with van der Waals surface area (Å²) in [5.41, 5.74) is 3.58. The number of benzene rings is 2.